The van der Waals surface area contributed by atoms with Crippen LogP contribution in [0.4, 0.5) is 21.6 Å². The van der Waals surface area contributed by atoms with Crippen molar-refractivity contribution in [2.24, 2.45) is 5.92 Å². The first-order valence-electron chi connectivity index (χ1n) is 8.66. The van der Waals surface area contributed by atoms with Crippen LogP contribution in [0.2, 0.25) is 0 Å². The molecule has 0 unspecified atom stereocenters. The molecule has 2 amide bonds. The first-order valence-corrected chi connectivity index (χ1v) is 11.0. The van der Waals surface area contributed by atoms with Crippen LogP contribution in [-0.2, 0) is 19.6 Å². The lowest BCUT2D eigenvalue weighted by Gasteiger charge is -2.11. The number of anilines is 3. The zero-order chi connectivity index (χ0) is 21.8. The van der Waals surface area contributed by atoms with E-state index < -0.39 is 16.1 Å². The summed E-state index contributed by atoms with van der Waals surface area (Å²) in [7, 11) is -3.99. The molecule has 158 valence electrons. The monoisotopic (exact) mass is 441 g/mol. The van der Waals surface area contributed by atoms with Crippen LogP contribution in [0.1, 0.15) is 32.0 Å². The maximum absolute atomic E-state index is 12.7. The van der Waals surface area contributed by atoms with E-state index in [4.69, 9.17) is 4.74 Å². The third-order valence-electron chi connectivity index (χ3n) is 3.27. The predicted octanol–water partition coefficient (Wildman–Crippen LogP) is 3.12. The number of hydrogen-bond donors (Lipinski definition) is 3. The molecular formula is C17H23N5O5S2. The number of carbonyl (C=O) groups is 2. The predicted molar refractivity (Wildman–Crippen MR) is 111 cm³/mol. The van der Waals surface area contributed by atoms with Crippen LogP contribution in [0.15, 0.2) is 16.3 Å². The van der Waals surface area contributed by atoms with Crippen LogP contribution >= 0.6 is 11.3 Å². The van der Waals surface area contributed by atoms with Gasteiger partial charge in [0.1, 0.15) is 11.6 Å². The number of aromatic nitrogens is 2. The Bertz CT molecular complexity index is 1020. The highest BCUT2D eigenvalue weighted by atomic mass is 32.2. The van der Waals surface area contributed by atoms with Crippen LogP contribution in [0.5, 0.6) is 0 Å². The molecule has 0 aromatic carbocycles. The number of amides is 2. The number of carbonyl (C=O) groups excluding carboxylic acids is 2. The quantitative estimate of drug-likeness (QED) is 0.600. The van der Waals surface area contributed by atoms with Crippen molar-refractivity contribution in [3.05, 3.63) is 23.4 Å². The molecule has 0 spiro atoms. The van der Waals surface area contributed by atoms with E-state index in [2.05, 4.69) is 25.3 Å². The van der Waals surface area contributed by atoms with Crippen molar-refractivity contribution in [1.29, 1.82) is 0 Å². The minimum absolute atomic E-state index is 0.0260. The number of pyridine rings is 1. The maximum atomic E-state index is 12.7. The molecule has 2 aromatic rings. The number of nitrogens with one attached hydrogen (secondary N) is 3. The summed E-state index contributed by atoms with van der Waals surface area (Å²) in [4.78, 5) is 31.1. The summed E-state index contributed by atoms with van der Waals surface area (Å²) in [6, 6.07) is 3.11. The van der Waals surface area contributed by atoms with Crippen molar-refractivity contribution >= 4 is 50.1 Å². The normalized spacial score (nSPS) is 11.2. The van der Waals surface area contributed by atoms with Gasteiger partial charge >= 0.3 is 6.09 Å². The molecule has 0 radical (unpaired) electrons. The van der Waals surface area contributed by atoms with E-state index in [-0.39, 0.29) is 45.1 Å². The molecule has 0 bridgehead atoms. The second-order valence-electron chi connectivity index (χ2n) is 6.71. The van der Waals surface area contributed by atoms with E-state index in [1.807, 2.05) is 13.8 Å². The van der Waals surface area contributed by atoms with Gasteiger partial charge < -0.3 is 10.1 Å². The van der Waals surface area contributed by atoms with E-state index >= 15 is 0 Å². The minimum atomic E-state index is -3.99. The fourth-order valence-electron chi connectivity index (χ4n) is 2.19. The second kappa shape index (κ2) is 9.18. The summed E-state index contributed by atoms with van der Waals surface area (Å²) in [6.07, 6.45) is -0.677. The van der Waals surface area contributed by atoms with Crippen LogP contribution in [0.25, 0.3) is 0 Å². The van der Waals surface area contributed by atoms with Gasteiger partial charge in [0.2, 0.25) is 5.91 Å². The molecule has 0 aliphatic rings. The molecule has 0 fully saturated rings. The molecule has 0 saturated carbocycles. The zero-order valence-corrected chi connectivity index (χ0v) is 18.3. The van der Waals surface area contributed by atoms with Crippen molar-refractivity contribution in [1.82, 2.24) is 9.97 Å². The summed E-state index contributed by atoms with van der Waals surface area (Å²) in [6.45, 7) is 8.63. The van der Waals surface area contributed by atoms with Gasteiger partial charge in [-0.15, -0.1) is 0 Å². The summed E-state index contributed by atoms with van der Waals surface area (Å²) >= 11 is 0.831. The average Bonchev–Trinajstić information content (AvgIpc) is 2.92. The Labute approximate surface area is 173 Å². The molecular weight excluding hydrogens is 418 g/mol. The van der Waals surface area contributed by atoms with Gasteiger partial charge in [0.25, 0.3) is 10.0 Å². The highest BCUT2D eigenvalue weighted by Gasteiger charge is 2.23. The smallest absolute Gasteiger partial charge is 0.412 e. The number of aryl methyl sites for hydroxylation is 2. The lowest BCUT2D eigenvalue weighted by Crippen LogP contribution is -2.18. The zero-order valence-electron chi connectivity index (χ0n) is 16.7. The molecule has 0 saturated heterocycles. The lowest BCUT2D eigenvalue weighted by atomic mass is 10.2. The Morgan fingerprint density at radius 2 is 1.79 bits per heavy atom. The van der Waals surface area contributed by atoms with Crippen LogP contribution < -0.4 is 15.4 Å². The Hall–Kier alpha value is -2.73. The highest BCUT2D eigenvalue weighted by molar-refractivity contribution is 7.94. The first kappa shape index (κ1) is 22.6. The van der Waals surface area contributed by atoms with Crippen LogP contribution in [0, 0.1) is 19.8 Å². The second-order valence-corrected chi connectivity index (χ2v) is 9.59. The molecule has 12 heteroatoms. The fourth-order valence-corrected chi connectivity index (χ4v) is 4.64. The van der Waals surface area contributed by atoms with Crippen LogP contribution in [0.3, 0.4) is 0 Å². The van der Waals surface area contributed by atoms with Gasteiger partial charge in [-0.2, -0.15) is 0 Å². The number of ether oxygens (including phenoxy) is 1. The first-order chi connectivity index (χ1) is 13.5. The third-order valence-corrected chi connectivity index (χ3v) is 6.30. The van der Waals surface area contributed by atoms with Gasteiger partial charge in [-0.1, -0.05) is 25.2 Å². The van der Waals surface area contributed by atoms with Gasteiger partial charge in [0, 0.05) is 6.92 Å². The number of nitrogens with zero attached hydrogens (tertiary/aromatic N) is 2. The summed E-state index contributed by atoms with van der Waals surface area (Å²) in [5.41, 5.74) is 0.923. The minimum Gasteiger partial charge on any atom is -0.449 e. The Kier molecular flexibility index (Phi) is 7.14. The molecule has 3 N–H and O–H groups in total. The van der Waals surface area contributed by atoms with E-state index in [9.17, 15) is 18.0 Å². The van der Waals surface area contributed by atoms with Crippen LogP contribution in [-0.4, -0.2) is 37.0 Å². The number of thiazole rings is 1. The van der Waals surface area contributed by atoms with Gasteiger partial charge in [0.15, 0.2) is 9.34 Å². The Morgan fingerprint density at radius 1 is 1.14 bits per heavy atom. The van der Waals surface area contributed by atoms with Gasteiger partial charge in [-0.25, -0.2) is 23.2 Å². The summed E-state index contributed by atoms with van der Waals surface area (Å²) in [5.74, 6) is 0.00384. The molecule has 0 aliphatic carbocycles. The SMILES string of the molecule is CC(=O)Nc1nc(C)c(S(=O)(=O)Nc2cc(C)cc(NC(=O)OCC(C)C)n2)s1. The average molecular weight is 442 g/mol. The van der Waals surface area contributed by atoms with E-state index in [0.29, 0.717) is 5.56 Å². The number of sulfonamides is 1. The van der Waals surface area contributed by atoms with E-state index in [0.717, 1.165) is 11.3 Å². The largest absolute Gasteiger partial charge is 0.449 e. The molecule has 10 nitrogen and oxygen atoms in total. The summed E-state index contributed by atoms with van der Waals surface area (Å²) in [5, 5.41) is 5.12. The van der Waals surface area contributed by atoms with Crippen molar-refractivity contribution < 1.29 is 22.7 Å². The number of rotatable bonds is 7. The molecule has 2 aromatic heterocycles. The van der Waals surface area contributed by atoms with Crippen molar-refractivity contribution in [2.45, 2.75) is 38.8 Å². The van der Waals surface area contributed by atoms with Crippen molar-refractivity contribution in [2.75, 3.05) is 22.0 Å². The highest BCUT2D eigenvalue weighted by Crippen LogP contribution is 2.29. The molecule has 0 aliphatic heterocycles. The van der Waals surface area contributed by atoms with Gasteiger partial charge in [-0.05, 0) is 37.5 Å². The van der Waals surface area contributed by atoms with Crippen molar-refractivity contribution in [3.8, 4) is 0 Å². The molecule has 0 atom stereocenters. The topological polar surface area (TPSA) is 139 Å². The van der Waals surface area contributed by atoms with Crippen molar-refractivity contribution in [3.63, 3.8) is 0 Å². The Balaban J connectivity index is 2.20. The molecule has 2 rings (SSSR count). The van der Waals surface area contributed by atoms with E-state index in [1.165, 1.54) is 19.9 Å². The molecule has 2 heterocycles. The van der Waals surface area contributed by atoms with E-state index in [1.54, 1.807) is 13.0 Å². The van der Waals surface area contributed by atoms with Gasteiger partial charge in [0.05, 0.1) is 12.3 Å². The summed E-state index contributed by atoms with van der Waals surface area (Å²) < 4.78 is 32.8. The standard InChI is InChI=1S/C17H23N5O5S2/c1-9(2)8-27-17(24)21-13-6-10(3)7-14(20-13)22-29(25,26)15-11(4)18-16(28-15)19-12(5)23/h6-7,9H,8H2,1-5H3,(H,18,19,23)(H2,20,21,22,24). The number of hydrogen-bond acceptors (Lipinski definition) is 8. The van der Waals surface area contributed by atoms with Gasteiger partial charge in [-0.3, -0.25) is 14.8 Å². The molecule has 29 heavy (non-hydrogen) atoms. The lowest BCUT2D eigenvalue weighted by molar-refractivity contribution is -0.114. The maximum Gasteiger partial charge on any atom is 0.412 e. The Morgan fingerprint density at radius 3 is 2.41 bits per heavy atom. The third kappa shape index (κ3) is 6.68. The fraction of sp³-hybridized carbons (Fsp3) is 0.412.